The third kappa shape index (κ3) is 3.61. The molecule has 1 aromatic rings. The number of amides is 2. The Morgan fingerprint density at radius 2 is 2.00 bits per heavy atom. The first-order chi connectivity index (χ1) is 11.5. The summed E-state index contributed by atoms with van der Waals surface area (Å²) in [6, 6.07) is 4.13. The molecular weight excluding hydrogens is 312 g/mol. The van der Waals surface area contributed by atoms with Gasteiger partial charge in [-0.1, -0.05) is 6.92 Å². The highest BCUT2D eigenvalue weighted by molar-refractivity contribution is 5.95. The van der Waals surface area contributed by atoms with Gasteiger partial charge >= 0.3 is 12.0 Å². The number of carbonyl (C=O) groups is 2. The molecule has 24 heavy (non-hydrogen) atoms. The SMILES string of the molecule is CCCOC(=O)C1=C(C)NC(=O)NC1c1cc(OC)ccc1OC. The minimum Gasteiger partial charge on any atom is -0.497 e. The average Bonchev–Trinajstić information content (AvgIpc) is 2.58. The van der Waals surface area contributed by atoms with Gasteiger partial charge in [-0.3, -0.25) is 0 Å². The summed E-state index contributed by atoms with van der Waals surface area (Å²) in [5, 5.41) is 5.36. The Labute approximate surface area is 141 Å². The highest BCUT2D eigenvalue weighted by Crippen LogP contribution is 2.35. The van der Waals surface area contributed by atoms with Crippen LogP contribution >= 0.6 is 0 Å². The van der Waals surface area contributed by atoms with Crippen molar-refractivity contribution in [3.8, 4) is 11.5 Å². The van der Waals surface area contributed by atoms with Crippen LogP contribution in [-0.2, 0) is 9.53 Å². The van der Waals surface area contributed by atoms with E-state index < -0.39 is 18.0 Å². The second-order valence-electron chi connectivity index (χ2n) is 5.31. The molecule has 0 aliphatic carbocycles. The van der Waals surface area contributed by atoms with Gasteiger partial charge in [0.1, 0.15) is 11.5 Å². The number of nitrogens with one attached hydrogen (secondary N) is 2. The lowest BCUT2D eigenvalue weighted by atomic mass is 9.94. The van der Waals surface area contributed by atoms with E-state index in [0.29, 0.717) is 41.4 Å². The minimum atomic E-state index is -0.687. The molecular formula is C17H22N2O5. The Bertz CT molecular complexity index is 669. The van der Waals surface area contributed by atoms with E-state index in [4.69, 9.17) is 14.2 Å². The summed E-state index contributed by atoms with van der Waals surface area (Å²) in [7, 11) is 3.07. The molecule has 130 valence electrons. The van der Waals surface area contributed by atoms with Gasteiger partial charge in [0, 0.05) is 11.3 Å². The van der Waals surface area contributed by atoms with Gasteiger partial charge in [-0.05, 0) is 31.5 Å². The molecule has 0 radical (unpaired) electrons. The summed E-state index contributed by atoms with van der Waals surface area (Å²) >= 11 is 0. The van der Waals surface area contributed by atoms with Crippen molar-refractivity contribution in [2.24, 2.45) is 0 Å². The Morgan fingerprint density at radius 3 is 2.62 bits per heavy atom. The van der Waals surface area contributed by atoms with E-state index in [0.717, 1.165) is 0 Å². The highest BCUT2D eigenvalue weighted by atomic mass is 16.5. The lowest BCUT2D eigenvalue weighted by molar-refractivity contribution is -0.139. The largest absolute Gasteiger partial charge is 0.497 e. The summed E-state index contributed by atoms with van der Waals surface area (Å²) in [4.78, 5) is 24.4. The van der Waals surface area contributed by atoms with Gasteiger partial charge < -0.3 is 24.8 Å². The van der Waals surface area contributed by atoms with Crippen LogP contribution in [0.25, 0.3) is 0 Å². The van der Waals surface area contributed by atoms with Crippen molar-refractivity contribution in [2.75, 3.05) is 20.8 Å². The highest BCUT2D eigenvalue weighted by Gasteiger charge is 2.34. The fraction of sp³-hybridized carbons (Fsp3) is 0.412. The average molecular weight is 334 g/mol. The Kier molecular flexibility index (Phi) is 5.68. The maximum atomic E-state index is 12.5. The van der Waals surface area contributed by atoms with Gasteiger partial charge in [-0.2, -0.15) is 0 Å². The van der Waals surface area contributed by atoms with Gasteiger partial charge in [0.15, 0.2) is 0 Å². The molecule has 0 saturated heterocycles. The van der Waals surface area contributed by atoms with Crippen molar-refractivity contribution < 1.29 is 23.8 Å². The van der Waals surface area contributed by atoms with E-state index in [1.807, 2.05) is 6.92 Å². The summed E-state index contributed by atoms with van der Waals surface area (Å²) in [6.45, 7) is 3.89. The Morgan fingerprint density at radius 1 is 1.25 bits per heavy atom. The van der Waals surface area contributed by atoms with Crippen LogP contribution in [0, 0.1) is 0 Å². The number of esters is 1. The number of methoxy groups -OCH3 is 2. The van der Waals surface area contributed by atoms with Gasteiger partial charge in [-0.15, -0.1) is 0 Å². The molecule has 1 heterocycles. The maximum absolute atomic E-state index is 12.5. The molecule has 0 spiro atoms. The van der Waals surface area contributed by atoms with E-state index >= 15 is 0 Å². The second kappa shape index (κ2) is 7.72. The zero-order valence-corrected chi connectivity index (χ0v) is 14.3. The van der Waals surface area contributed by atoms with Crippen molar-refractivity contribution in [1.29, 1.82) is 0 Å². The number of hydrogen-bond donors (Lipinski definition) is 2. The molecule has 0 bridgehead atoms. The summed E-state index contributed by atoms with van der Waals surface area (Å²) in [5.41, 5.74) is 1.42. The number of benzene rings is 1. The zero-order chi connectivity index (χ0) is 17.7. The van der Waals surface area contributed by atoms with Gasteiger partial charge in [0.25, 0.3) is 0 Å². The van der Waals surface area contributed by atoms with Crippen molar-refractivity contribution in [2.45, 2.75) is 26.3 Å². The maximum Gasteiger partial charge on any atom is 0.338 e. The predicted molar refractivity (Wildman–Crippen MR) is 87.9 cm³/mol. The topological polar surface area (TPSA) is 85.9 Å². The number of urea groups is 1. The molecule has 2 amide bonds. The van der Waals surface area contributed by atoms with Crippen molar-refractivity contribution >= 4 is 12.0 Å². The fourth-order valence-corrected chi connectivity index (χ4v) is 2.54. The second-order valence-corrected chi connectivity index (χ2v) is 5.31. The van der Waals surface area contributed by atoms with Crippen LogP contribution in [0.1, 0.15) is 31.9 Å². The zero-order valence-electron chi connectivity index (χ0n) is 14.3. The first-order valence-corrected chi connectivity index (χ1v) is 7.69. The number of carbonyl (C=O) groups excluding carboxylic acids is 2. The minimum absolute atomic E-state index is 0.311. The molecule has 0 saturated carbocycles. The monoisotopic (exact) mass is 334 g/mol. The van der Waals surface area contributed by atoms with E-state index in [9.17, 15) is 9.59 Å². The lowest BCUT2D eigenvalue weighted by Crippen LogP contribution is -2.45. The van der Waals surface area contributed by atoms with Crippen molar-refractivity contribution in [3.05, 3.63) is 35.0 Å². The van der Waals surface area contributed by atoms with E-state index in [1.54, 1.807) is 32.2 Å². The van der Waals surface area contributed by atoms with E-state index in [-0.39, 0.29) is 0 Å². The van der Waals surface area contributed by atoms with E-state index in [1.165, 1.54) is 7.11 Å². The van der Waals surface area contributed by atoms with Crippen molar-refractivity contribution in [3.63, 3.8) is 0 Å². The van der Waals surface area contributed by atoms with E-state index in [2.05, 4.69) is 10.6 Å². The third-order valence-electron chi connectivity index (χ3n) is 3.67. The van der Waals surface area contributed by atoms with Gasteiger partial charge in [0.05, 0.1) is 32.4 Å². The quantitative estimate of drug-likeness (QED) is 0.780. The lowest BCUT2D eigenvalue weighted by Gasteiger charge is -2.29. The molecule has 2 N–H and O–H groups in total. The molecule has 2 rings (SSSR count). The number of hydrogen-bond acceptors (Lipinski definition) is 5. The first kappa shape index (κ1) is 17.7. The first-order valence-electron chi connectivity index (χ1n) is 7.69. The number of rotatable bonds is 6. The fourth-order valence-electron chi connectivity index (χ4n) is 2.54. The molecule has 1 aromatic carbocycles. The molecule has 0 aromatic heterocycles. The summed E-state index contributed by atoms with van der Waals surface area (Å²) in [6.07, 6.45) is 0.713. The van der Waals surface area contributed by atoms with Crippen LogP contribution in [0.15, 0.2) is 29.5 Å². The molecule has 1 atom stereocenters. The number of ether oxygens (including phenoxy) is 3. The van der Waals surface area contributed by atoms with Gasteiger partial charge in [-0.25, -0.2) is 9.59 Å². The molecule has 1 aliphatic heterocycles. The molecule has 0 fully saturated rings. The Hall–Kier alpha value is -2.70. The smallest absolute Gasteiger partial charge is 0.338 e. The van der Waals surface area contributed by atoms with Crippen LogP contribution < -0.4 is 20.1 Å². The summed E-state index contributed by atoms with van der Waals surface area (Å²) < 4.78 is 15.9. The van der Waals surface area contributed by atoms with Crippen LogP contribution in [-0.4, -0.2) is 32.8 Å². The molecule has 7 heteroatoms. The molecule has 7 nitrogen and oxygen atoms in total. The summed E-state index contributed by atoms with van der Waals surface area (Å²) in [5.74, 6) is 0.658. The van der Waals surface area contributed by atoms with Crippen LogP contribution in [0.5, 0.6) is 11.5 Å². The molecule has 1 aliphatic rings. The predicted octanol–water partition coefficient (Wildman–Crippen LogP) is 2.28. The van der Waals surface area contributed by atoms with Crippen LogP contribution in [0.4, 0.5) is 4.79 Å². The number of allylic oxidation sites excluding steroid dienone is 1. The molecule has 1 unspecified atom stereocenters. The normalized spacial score (nSPS) is 17.0. The standard InChI is InChI=1S/C17H22N2O5/c1-5-8-24-16(20)14-10(2)18-17(21)19-15(14)12-9-11(22-3)6-7-13(12)23-4/h6-7,9,15H,5,8H2,1-4H3,(H2,18,19,21). The van der Waals surface area contributed by atoms with Crippen LogP contribution in [0.3, 0.4) is 0 Å². The third-order valence-corrected chi connectivity index (χ3v) is 3.67. The van der Waals surface area contributed by atoms with Crippen molar-refractivity contribution in [1.82, 2.24) is 10.6 Å². The Balaban J connectivity index is 2.50. The van der Waals surface area contributed by atoms with Crippen LogP contribution in [0.2, 0.25) is 0 Å². The van der Waals surface area contributed by atoms with Gasteiger partial charge in [0.2, 0.25) is 0 Å².